The standard InChI is InChI=1S/C14H17NO4/c1-9(2)19-12-11(14(17)18)15(13(12)16)8-10-6-4-3-5-7-10/h3-7,9,11-12H,8H2,1-2H3,(H,17,18). The lowest BCUT2D eigenvalue weighted by Crippen LogP contribution is -2.68. The van der Waals surface area contributed by atoms with Gasteiger partial charge in [-0.25, -0.2) is 4.79 Å². The summed E-state index contributed by atoms with van der Waals surface area (Å²) >= 11 is 0. The van der Waals surface area contributed by atoms with E-state index in [9.17, 15) is 14.7 Å². The van der Waals surface area contributed by atoms with Gasteiger partial charge in [0.15, 0.2) is 12.1 Å². The van der Waals surface area contributed by atoms with Crippen molar-refractivity contribution < 1.29 is 19.4 Å². The minimum atomic E-state index is -1.03. The van der Waals surface area contributed by atoms with Crippen molar-refractivity contribution in [3.05, 3.63) is 35.9 Å². The zero-order chi connectivity index (χ0) is 14.0. The molecule has 102 valence electrons. The summed E-state index contributed by atoms with van der Waals surface area (Å²) in [5, 5.41) is 9.21. The summed E-state index contributed by atoms with van der Waals surface area (Å²) < 4.78 is 5.37. The van der Waals surface area contributed by atoms with Crippen LogP contribution in [-0.4, -0.2) is 40.1 Å². The largest absolute Gasteiger partial charge is 0.480 e. The highest BCUT2D eigenvalue weighted by Crippen LogP contribution is 2.26. The normalized spacial score (nSPS) is 22.5. The molecule has 0 aromatic heterocycles. The van der Waals surface area contributed by atoms with Gasteiger partial charge < -0.3 is 14.7 Å². The molecule has 1 amide bonds. The van der Waals surface area contributed by atoms with Crippen molar-refractivity contribution >= 4 is 11.9 Å². The molecule has 1 aromatic carbocycles. The second-order valence-electron chi connectivity index (χ2n) is 4.84. The Bertz CT molecular complexity index is 472. The molecule has 0 spiro atoms. The van der Waals surface area contributed by atoms with Crippen LogP contribution in [0.2, 0.25) is 0 Å². The van der Waals surface area contributed by atoms with Crippen LogP contribution in [-0.2, 0) is 20.9 Å². The number of aliphatic carboxylic acids is 1. The molecule has 1 aliphatic rings. The van der Waals surface area contributed by atoms with Crippen molar-refractivity contribution in [1.82, 2.24) is 4.90 Å². The number of hydrogen-bond acceptors (Lipinski definition) is 3. The maximum absolute atomic E-state index is 12.0. The third-order valence-electron chi connectivity index (χ3n) is 3.02. The zero-order valence-electron chi connectivity index (χ0n) is 10.9. The number of carbonyl (C=O) groups is 2. The fourth-order valence-corrected chi connectivity index (χ4v) is 2.16. The van der Waals surface area contributed by atoms with E-state index in [1.165, 1.54) is 4.90 Å². The number of carboxylic acids is 1. The summed E-state index contributed by atoms with van der Waals surface area (Å²) in [5.41, 5.74) is 0.907. The van der Waals surface area contributed by atoms with Gasteiger partial charge in [0.1, 0.15) is 0 Å². The van der Waals surface area contributed by atoms with Crippen LogP contribution in [0.1, 0.15) is 19.4 Å². The molecule has 1 aliphatic heterocycles. The van der Waals surface area contributed by atoms with Crippen molar-refractivity contribution in [2.24, 2.45) is 0 Å². The summed E-state index contributed by atoms with van der Waals surface area (Å²) in [6, 6.07) is 8.43. The second-order valence-corrected chi connectivity index (χ2v) is 4.84. The number of hydrogen-bond donors (Lipinski definition) is 1. The number of benzene rings is 1. The van der Waals surface area contributed by atoms with E-state index in [0.29, 0.717) is 6.54 Å². The van der Waals surface area contributed by atoms with E-state index < -0.39 is 18.1 Å². The summed E-state index contributed by atoms with van der Waals surface area (Å²) in [6.07, 6.45) is -1.03. The number of β-lactam (4-membered cyclic amide) rings is 1. The Morgan fingerprint density at radius 3 is 2.53 bits per heavy atom. The Balaban J connectivity index is 2.09. The van der Waals surface area contributed by atoms with Crippen LogP contribution in [0.5, 0.6) is 0 Å². The first-order chi connectivity index (χ1) is 9.00. The van der Waals surface area contributed by atoms with Crippen LogP contribution in [0.15, 0.2) is 30.3 Å². The van der Waals surface area contributed by atoms with E-state index in [1.54, 1.807) is 13.8 Å². The van der Waals surface area contributed by atoms with Crippen molar-refractivity contribution in [2.75, 3.05) is 0 Å². The van der Waals surface area contributed by atoms with Crippen LogP contribution < -0.4 is 0 Å². The van der Waals surface area contributed by atoms with Crippen LogP contribution in [0, 0.1) is 0 Å². The number of ether oxygens (including phenoxy) is 1. The minimum Gasteiger partial charge on any atom is -0.480 e. The van der Waals surface area contributed by atoms with Crippen LogP contribution in [0.25, 0.3) is 0 Å². The molecular weight excluding hydrogens is 246 g/mol. The highest BCUT2D eigenvalue weighted by molar-refractivity contribution is 5.98. The number of carboxylic acid groups (broad SMARTS) is 1. The highest BCUT2D eigenvalue weighted by atomic mass is 16.5. The molecule has 1 N–H and O–H groups in total. The summed E-state index contributed by atoms with van der Waals surface area (Å²) in [7, 11) is 0. The van der Waals surface area contributed by atoms with E-state index in [4.69, 9.17) is 4.74 Å². The number of likely N-dealkylation sites (tertiary alicyclic amines) is 1. The number of nitrogens with zero attached hydrogens (tertiary/aromatic N) is 1. The lowest BCUT2D eigenvalue weighted by molar-refractivity contribution is -0.190. The third kappa shape index (κ3) is 2.76. The van der Waals surface area contributed by atoms with E-state index in [-0.39, 0.29) is 12.0 Å². The van der Waals surface area contributed by atoms with Gasteiger partial charge in [0, 0.05) is 6.54 Å². The topological polar surface area (TPSA) is 66.8 Å². The molecular formula is C14H17NO4. The van der Waals surface area contributed by atoms with Crippen molar-refractivity contribution in [1.29, 1.82) is 0 Å². The first-order valence-electron chi connectivity index (χ1n) is 6.23. The van der Waals surface area contributed by atoms with Gasteiger partial charge in [0.25, 0.3) is 5.91 Å². The Kier molecular flexibility index (Phi) is 3.85. The first kappa shape index (κ1) is 13.5. The zero-order valence-corrected chi connectivity index (χ0v) is 10.9. The average Bonchev–Trinajstić information content (AvgIpc) is 2.37. The van der Waals surface area contributed by atoms with Crippen molar-refractivity contribution in [3.63, 3.8) is 0 Å². The molecule has 5 nitrogen and oxygen atoms in total. The fourth-order valence-electron chi connectivity index (χ4n) is 2.16. The van der Waals surface area contributed by atoms with Gasteiger partial charge in [-0.05, 0) is 19.4 Å². The summed E-state index contributed by atoms with van der Waals surface area (Å²) in [6.45, 7) is 3.87. The van der Waals surface area contributed by atoms with Gasteiger partial charge in [-0.3, -0.25) is 4.79 Å². The summed E-state index contributed by atoms with van der Waals surface area (Å²) in [4.78, 5) is 24.5. The molecule has 1 heterocycles. The van der Waals surface area contributed by atoms with Gasteiger partial charge in [-0.1, -0.05) is 30.3 Å². The molecule has 1 fully saturated rings. The van der Waals surface area contributed by atoms with E-state index >= 15 is 0 Å². The van der Waals surface area contributed by atoms with E-state index in [2.05, 4.69) is 0 Å². The number of amides is 1. The monoisotopic (exact) mass is 263 g/mol. The molecule has 0 saturated carbocycles. The van der Waals surface area contributed by atoms with Crippen LogP contribution in [0.3, 0.4) is 0 Å². The Morgan fingerprint density at radius 1 is 1.37 bits per heavy atom. The SMILES string of the molecule is CC(C)OC1C(=O)N(Cc2ccccc2)C1C(=O)O. The van der Waals surface area contributed by atoms with Crippen LogP contribution >= 0.6 is 0 Å². The maximum Gasteiger partial charge on any atom is 0.329 e. The smallest absolute Gasteiger partial charge is 0.329 e. The molecule has 1 saturated heterocycles. The maximum atomic E-state index is 12.0. The quantitative estimate of drug-likeness (QED) is 0.812. The predicted octanol–water partition coefficient (Wildman–Crippen LogP) is 1.28. The molecule has 0 radical (unpaired) electrons. The number of carbonyl (C=O) groups excluding carboxylic acids is 1. The van der Waals surface area contributed by atoms with Crippen molar-refractivity contribution in [3.8, 4) is 0 Å². The van der Waals surface area contributed by atoms with Gasteiger partial charge in [-0.2, -0.15) is 0 Å². The Hall–Kier alpha value is -1.88. The molecule has 19 heavy (non-hydrogen) atoms. The molecule has 0 aliphatic carbocycles. The third-order valence-corrected chi connectivity index (χ3v) is 3.02. The second kappa shape index (κ2) is 5.40. The van der Waals surface area contributed by atoms with Gasteiger partial charge in [-0.15, -0.1) is 0 Å². The lowest BCUT2D eigenvalue weighted by atomic mass is 9.96. The van der Waals surface area contributed by atoms with Crippen molar-refractivity contribution in [2.45, 2.75) is 38.6 Å². The van der Waals surface area contributed by atoms with Crippen LogP contribution in [0.4, 0.5) is 0 Å². The van der Waals surface area contributed by atoms with E-state index in [1.807, 2.05) is 30.3 Å². The minimum absolute atomic E-state index is 0.172. The van der Waals surface area contributed by atoms with Gasteiger partial charge in [0.2, 0.25) is 0 Å². The van der Waals surface area contributed by atoms with E-state index in [0.717, 1.165) is 5.56 Å². The Morgan fingerprint density at radius 2 is 2.00 bits per heavy atom. The summed E-state index contributed by atoms with van der Waals surface area (Å²) in [5.74, 6) is -1.29. The molecule has 1 aromatic rings. The Labute approximate surface area is 111 Å². The fraction of sp³-hybridized carbons (Fsp3) is 0.429. The molecule has 0 bridgehead atoms. The molecule has 5 heteroatoms. The first-order valence-corrected chi connectivity index (χ1v) is 6.23. The average molecular weight is 263 g/mol. The lowest BCUT2D eigenvalue weighted by Gasteiger charge is -2.44. The van der Waals surface area contributed by atoms with Gasteiger partial charge in [0.05, 0.1) is 6.10 Å². The van der Waals surface area contributed by atoms with Gasteiger partial charge >= 0.3 is 5.97 Å². The number of rotatable bonds is 5. The molecule has 2 unspecified atom stereocenters. The molecule has 2 atom stereocenters. The predicted molar refractivity (Wildman–Crippen MR) is 68.4 cm³/mol. The highest BCUT2D eigenvalue weighted by Gasteiger charge is 2.52. The molecule has 2 rings (SSSR count).